The van der Waals surface area contributed by atoms with Crippen LogP contribution in [0.2, 0.25) is 0 Å². The smallest absolute Gasteiger partial charge is 0.0622 e. The van der Waals surface area contributed by atoms with E-state index in [1.54, 1.807) is 0 Å². The second-order valence-electron chi connectivity index (χ2n) is 7.63. The Morgan fingerprint density at radius 2 is 2.22 bits per heavy atom. The minimum absolute atomic E-state index is 0.683. The summed E-state index contributed by atoms with van der Waals surface area (Å²) >= 11 is 0. The van der Waals surface area contributed by atoms with E-state index in [4.69, 9.17) is 4.74 Å². The fourth-order valence-corrected chi connectivity index (χ4v) is 5.00. The first-order valence-electron chi connectivity index (χ1n) is 9.23. The SMILES string of the molecule is CN(Cc1ccccn1)[C@H]1CCC[C@@H]2CN([C@@H]3CCOC3)C[C@@H]21. The highest BCUT2D eigenvalue weighted by atomic mass is 16.5. The molecule has 4 rings (SSSR count). The van der Waals surface area contributed by atoms with Crippen LogP contribution < -0.4 is 0 Å². The molecule has 0 bridgehead atoms. The Labute approximate surface area is 139 Å². The maximum atomic E-state index is 5.62. The van der Waals surface area contributed by atoms with Gasteiger partial charge in [0, 0.05) is 44.5 Å². The summed E-state index contributed by atoms with van der Waals surface area (Å²) in [4.78, 5) is 9.80. The Kier molecular flexibility index (Phi) is 4.65. The standard InChI is InChI=1S/C19H29N3O/c1-21(12-16-6-2-3-9-20-16)19-7-4-5-15-11-22(13-18(15)19)17-8-10-23-14-17/h2-3,6,9,15,17-19H,4-5,7-8,10-14H2,1H3/t15-,17-,18+,19+/m1/s1. The molecule has 1 aromatic rings. The van der Waals surface area contributed by atoms with Crippen LogP contribution in [0.25, 0.3) is 0 Å². The summed E-state index contributed by atoms with van der Waals surface area (Å²) in [7, 11) is 2.29. The van der Waals surface area contributed by atoms with E-state index in [2.05, 4.69) is 34.0 Å². The van der Waals surface area contributed by atoms with Crippen LogP contribution in [0, 0.1) is 11.8 Å². The van der Waals surface area contributed by atoms with Crippen LogP contribution in [0.1, 0.15) is 31.4 Å². The average molecular weight is 315 g/mol. The van der Waals surface area contributed by atoms with Crippen LogP contribution in [-0.2, 0) is 11.3 Å². The molecule has 4 nitrogen and oxygen atoms in total. The molecule has 0 spiro atoms. The summed E-state index contributed by atoms with van der Waals surface area (Å²) in [6, 6.07) is 7.63. The number of likely N-dealkylation sites (tertiary alicyclic amines) is 1. The second-order valence-corrected chi connectivity index (χ2v) is 7.63. The molecule has 4 heteroatoms. The minimum Gasteiger partial charge on any atom is -0.380 e. The number of hydrogen-bond donors (Lipinski definition) is 0. The topological polar surface area (TPSA) is 28.6 Å². The molecule has 1 aromatic heterocycles. The van der Waals surface area contributed by atoms with Crippen molar-refractivity contribution < 1.29 is 4.74 Å². The van der Waals surface area contributed by atoms with Crippen molar-refractivity contribution in [1.29, 1.82) is 0 Å². The van der Waals surface area contributed by atoms with E-state index in [9.17, 15) is 0 Å². The molecule has 0 radical (unpaired) electrons. The summed E-state index contributed by atoms with van der Waals surface area (Å²) in [5.41, 5.74) is 1.19. The zero-order chi connectivity index (χ0) is 15.6. The lowest BCUT2D eigenvalue weighted by Crippen LogP contribution is -2.43. The van der Waals surface area contributed by atoms with E-state index >= 15 is 0 Å². The highest BCUT2D eigenvalue weighted by Gasteiger charge is 2.43. The molecule has 4 atom stereocenters. The molecule has 2 saturated heterocycles. The van der Waals surface area contributed by atoms with Crippen LogP contribution in [0.3, 0.4) is 0 Å². The van der Waals surface area contributed by atoms with Crippen molar-refractivity contribution >= 4 is 0 Å². The molecule has 1 aliphatic carbocycles. The van der Waals surface area contributed by atoms with Crippen molar-refractivity contribution in [3.05, 3.63) is 30.1 Å². The number of rotatable bonds is 4. The lowest BCUT2D eigenvalue weighted by Gasteiger charge is -2.39. The quantitative estimate of drug-likeness (QED) is 0.853. The van der Waals surface area contributed by atoms with Gasteiger partial charge in [-0.1, -0.05) is 12.5 Å². The molecular weight excluding hydrogens is 286 g/mol. The third-order valence-electron chi connectivity index (χ3n) is 6.21. The van der Waals surface area contributed by atoms with Gasteiger partial charge in [0.1, 0.15) is 0 Å². The van der Waals surface area contributed by atoms with Crippen LogP contribution in [0.4, 0.5) is 0 Å². The third-order valence-corrected chi connectivity index (χ3v) is 6.21. The minimum atomic E-state index is 0.683. The largest absolute Gasteiger partial charge is 0.380 e. The average Bonchev–Trinajstić information content (AvgIpc) is 3.24. The second kappa shape index (κ2) is 6.88. The van der Waals surface area contributed by atoms with Crippen molar-refractivity contribution in [2.75, 3.05) is 33.4 Å². The maximum Gasteiger partial charge on any atom is 0.0622 e. The van der Waals surface area contributed by atoms with Crippen LogP contribution >= 0.6 is 0 Å². The van der Waals surface area contributed by atoms with Gasteiger partial charge in [-0.15, -0.1) is 0 Å². The number of nitrogens with zero attached hydrogens (tertiary/aromatic N) is 3. The van der Waals surface area contributed by atoms with Gasteiger partial charge in [-0.25, -0.2) is 0 Å². The van der Waals surface area contributed by atoms with Crippen molar-refractivity contribution in [2.24, 2.45) is 11.8 Å². The number of fused-ring (bicyclic) bond motifs is 1. The van der Waals surface area contributed by atoms with Crippen molar-refractivity contribution in [2.45, 2.75) is 44.3 Å². The first-order chi connectivity index (χ1) is 11.3. The summed E-state index contributed by atoms with van der Waals surface area (Å²) in [5.74, 6) is 1.72. The molecule has 3 heterocycles. The van der Waals surface area contributed by atoms with E-state index in [0.717, 1.165) is 31.6 Å². The predicted molar refractivity (Wildman–Crippen MR) is 91.1 cm³/mol. The molecule has 1 saturated carbocycles. The lowest BCUT2D eigenvalue weighted by atomic mass is 9.77. The van der Waals surface area contributed by atoms with Gasteiger partial charge < -0.3 is 4.74 Å². The molecule has 0 unspecified atom stereocenters. The normalized spacial score (nSPS) is 34.9. The highest BCUT2D eigenvalue weighted by molar-refractivity contribution is 5.04. The molecule has 23 heavy (non-hydrogen) atoms. The van der Waals surface area contributed by atoms with Crippen molar-refractivity contribution in [3.8, 4) is 0 Å². The van der Waals surface area contributed by atoms with Crippen LogP contribution in [0.15, 0.2) is 24.4 Å². The molecule has 3 aliphatic rings. The van der Waals surface area contributed by atoms with E-state index in [1.807, 2.05) is 12.3 Å². The molecule has 0 aromatic carbocycles. The van der Waals surface area contributed by atoms with Gasteiger partial charge in [0.2, 0.25) is 0 Å². The number of hydrogen-bond acceptors (Lipinski definition) is 4. The summed E-state index contributed by atoms with van der Waals surface area (Å²) in [5, 5.41) is 0. The molecule has 2 aliphatic heterocycles. The molecule has 0 amide bonds. The van der Waals surface area contributed by atoms with Gasteiger partial charge in [-0.3, -0.25) is 14.8 Å². The molecule has 3 fully saturated rings. The fraction of sp³-hybridized carbons (Fsp3) is 0.737. The van der Waals surface area contributed by atoms with Crippen molar-refractivity contribution in [1.82, 2.24) is 14.8 Å². The molecule has 0 N–H and O–H groups in total. The Balaban J connectivity index is 1.42. The van der Waals surface area contributed by atoms with Crippen LogP contribution in [-0.4, -0.2) is 60.2 Å². The number of ether oxygens (including phenoxy) is 1. The first kappa shape index (κ1) is 15.6. The van der Waals surface area contributed by atoms with Gasteiger partial charge in [-0.05, 0) is 50.3 Å². The lowest BCUT2D eigenvalue weighted by molar-refractivity contribution is 0.102. The maximum absolute atomic E-state index is 5.62. The Morgan fingerprint density at radius 3 is 3.00 bits per heavy atom. The fourth-order valence-electron chi connectivity index (χ4n) is 5.00. The number of aromatic nitrogens is 1. The van der Waals surface area contributed by atoms with Gasteiger partial charge in [0.05, 0.1) is 12.3 Å². The van der Waals surface area contributed by atoms with Gasteiger partial charge in [0.15, 0.2) is 0 Å². The van der Waals surface area contributed by atoms with E-state index < -0.39 is 0 Å². The van der Waals surface area contributed by atoms with Crippen LogP contribution in [0.5, 0.6) is 0 Å². The summed E-state index contributed by atoms with van der Waals surface area (Å²) < 4.78 is 5.62. The first-order valence-corrected chi connectivity index (χ1v) is 9.23. The Morgan fingerprint density at radius 1 is 1.26 bits per heavy atom. The zero-order valence-electron chi connectivity index (χ0n) is 14.2. The number of pyridine rings is 1. The van der Waals surface area contributed by atoms with E-state index in [-0.39, 0.29) is 0 Å². The monoisotopic (exact) mass is 315 g/mol. The summed E-state index contributed by atoms with van der Waals surface area (Å²) in [6.07, 6.45) is 7.29. The van der Waals surface area contributed by atoms with E-state index in [0.29, 0.717) is 12.1 Å². The van der Waals surface area contributed by atoms with Gasteiger partial charge in [0.25, 0.3) is 0 Å². The van der Waals surface area contributed by atoms with Gasteiger partial charge in [-0.2, -0.15) is 0 Å². The highest BCUT2D eigenvalue weighted by Crippen LogP contribution is 2.40. The Hall–Kier alpha value is -0.970. The van der Waals surface area contributed by atoms with Crippen molar-refractivity contribution in [3.63, 3.8) is 0 Å². The Bertz CT molecular complexity index is 503. The zero-order valence-corrected chi connectivity index (χ0v) is 14.2. The van der Waals surface area contributed by atoms with Gasteiger partial charge >= 0.3 is 0 Å². The summed E-state index contributed by atoms with van der Waals surface area (Å²) in [6.45, 7) is 5.46. The third kappa shape index (κ3) is 3.30. The molecular formula is C19H29N3O. The molecule has 126 valence electrons. The predicted octanol–water partition coefficient (Wildman–Crippen LogP) is 2.40. The van der Waals surface area contributed by atoms with E-state index in [1.165, 1.54) is 44.5 Å².